The van der Waals surface area contributed by atoms with Gasteiger partial charge < -0.3 is 4.42 Å². The normalized spacial score (nSPS) is 12.8. The first kappa shape index (κ1) is 12.2. The molecular weight excluding hydrogens is 234 g/mol. The zero-order valence-electron chi connectivity index (χ0n) is 9.89. The van der Waals surface area contributed by atoms with Gasteiger partial charge in [-0.25, -0.2) is 4.98 Å². The summed E-state index contributed by atoms with van der Waals surface area (Å²) in [7, 11) is 0. The van der Waals surface area contributed by atoms with Gasteiger partial charge in [-0.05, 0) is 18.6 Å². The van der Waals surface area contributed by atoms with Crippen LogP contribution in [0.5, 0.6) is 0 Å². The molecule has 0 amide bonds. The fourth-order valence-electron chi connectivity index (χ4n) is 1.82. The highest BCUT2D eigenvalue weighted by Crippen LogP contribution is 2.25. The van der Waals surface area contributed by atoms with Crippen LogP contribution in [0.1, 0.15) is 43.7 Å². The van der Waals surface area contributed by atoms with Crippen LogP contribution in [0.15, 0.2) is 28.7 Å². The summed E-state index contributed by atoms with van der Waals surface area (Å²) in [5.74, 6) is 0.572. The van der Waals surface area contributed by atoms with E-state index in [0.29, 0.717) is 17.6 Å². The van der Waals surface area contributed by atoms with Gasteiger partial charge in [0.2, 0.25) is 0 Å². The molecule has 0 fully saturated rings. The maximum Gasteiger partial charge on any atom is 0.472 e. The van der Waals surface area contributed by atoms with Crippen LogP contribution in [0.25, 0.3) is 11.1 Å². The van der Waals surface area contributed by atoms with E-state index in [1.807, 2.05) is 24.3 Å². The third-order valence-electron chi connectivity index (χ3n) is 2.77. The van der Waals surface area contributed by atoms with Gasteiger partial charge in [0, 0.05) is 10.6 Å². The highest BCUT2D eigenvalue weighted by atomic mass is 32.1. The minimum Gasteiger partial charge on any atom is -0.435 e. The largest absolute Gasteiger partial charge is 0.472 e. The van der Waals surface area contributed by atoms with Crippen molar-refractivity contribution in [3.05, 3.63) is 30.2 Å². The van der Waals surface area contributed by atoms with Crippen molar-refractivity contribution >= 4 is 22.8 Å². The first-order valence-corrected chi connectivity index (χ1v) is 6.79. The van der Waals surface area contributed by atoms with E-state index in [0.717, 1.165) is 36.8 Å². The standard InChI is InChI=1S/C13H16NO2S/c1-2-3-4-9-12(17-15)13-14-10-7-5-6-8-11(10)16-13/h5-8,12H,2-4,9H2,1H3/q+1. The van der Waals surface area contributed by atoms with Crippen molar-refractivity contribution in [2.24, 2.45) is 0 Å². The molecule has 0 bridgehead atoms. The lowest BCUT2D eigenvalue weighted by molar-refractivity contribution is 0.494. The highest BCUT2D eigenvalue weighted by Gasteiger charge is 2.29. The minimum atomic E-state index is -0.158. The van der Waals surface area contributed by atoms with Gasteiger partial charge in [0.15, 0.2) is 5.58 Å². The molecule has 0 aliphatic heterocycles. The van der Waals surface area contributed by atoms with Crippen LogP contribution >= 0.6 is 0 Å². The number of unbranched alkanes of at least 4 members (excludes halogenated alkanes) is 2. The van der Waals surface area contributed by atoms with Crippen LogP contribution in [-0.2, 0) is 15.9 Å². The Morgan fingerprint density at radius 3 is 2.88 bits per heavy atom. The van der Waals surface area contributed by atoms with Crippen LogP contribution in [0.2, 0.25) is 0 Å². The van der Waals surface area contributed by atoms with Gasteiger partial charge in [0.1, 0.15) is 5.52 Å². The van der Waals surface area contributed by atoms with Gasteiger partial charge in [-0.2, -0.15) is 0 Å². The van der Waals surface area contributed by atoms with Crippen LogP contribution in [0, 0.1) is 0 Å². The van der Waals surface area contributed by atoms with Crippen molar-refractivity contribution in [3.63, 3.8) is 0 Å². The first-order chi connectivity index (χ1) is 8.35. The summed E-state index contributed by atoms with van der Waals surface area (Å²) in [5, 5.41) is -0.158. The van der Waals surface area contributed by atoms with Crippen molar-refractivity contribution in [1.82, 2.24) is 4.98 Å². The van der Waals surface area contributed by atoms with E-state index in [1.54, 1.807) is 0 Å². The van der Waals surface area contributed by atoms with Crippen LogP contribution in [0.3, 0.4) is 0 Å². The molecule has 0 aliphatic carbocycles. The Morgan fingerprint density at radius 1 is 1.35 bits per heavy atom. The number of oxazole rings is 1. The Bertz CT molecular complexity index is 462. The Balaban J connectivity index is 2.15. The molecule has 4 heteroatoms. The molecule has 1 aromatic heterocycles. The molecular formula is C13H16NO2S+. The van der Waals surface area contributed by atoms with E-state index in [4.69, 9.17) is 4.42 Å². The average molecular weight is 250 g/mol. The lowest BCUT2D eigenvalue weighted by Gasteiger charge is -1.95. The van der Waals surface area contributed by atoms with Crippen molar-refractivity contribution in [2.45, 2.75) is 37.9 Å². The molecule has 0 radical (unpaired) electrons. The van der Waals surface area contributed by atoms with Crippen LogP contribution in [-0.4, -0.2) is 4.98 Å². The van der Waals surface area contributed by atoms with Gasteiger partial charge in [-0.3, -0.25) is 0 Å². The second-order valence-corrected chi connectivity index (χ2v) is 4.86. The minimum absolute atomic E-state index is 0.158. The zero-order chi connectivity index (χ0) is 12.1. The van der Waals surface area contributed by atoms with Gasteiger partial charge in [0.05, 0.1) is 0 Å². The summed E-state index contributed by atoms with van der Waals surface area (Å²) in [6.45, 7) is 2.15. The molecule has 0 N–H and O–H groups in total. The van der Waals surface area contributed by atoms with Crippen molar-refractivity contribution in [1.29, 1.82) is 0 Å². The third kappa shape index (κ3) is 2.88. The summed E-state index contributed by atoms with van der Waals surface area (Å²) in [6, 6.07) is 7.62. The molecule has 1 atom stereocenters. The molecule has 3 nitrogen and oxygen atoms in total. The molecule has 2 aromatic rings. The predicted octanol–water partition coefficient (Wildman–Crippen LogP) is 3.88. The van der Waals surface area contributed by atoms with Crippen molar-refractivity contribution in [2.75, 3.05) is 0 Å². The molecule has 90 valence electrons. The Hall–Kier alpha value is -1.29. The topological polar surface area (TPSA) is 43.1 Å². The number of rotatable bonds is 6. The summed E-state index contributed by atoms with van der Waals surface area (Å²) >= 11 is 0.582. The van der Waals surface area contributed by atoms with E-state index in [-0.39, 0.29) is 5.25 Å². The maximum atomic E-state index is 11.1. The molecule has 0 spiro atoms. The van der Waals surface area contributed by atoms with E-state index in [2.05, 4.69) is 11.9 Å². The second kappa shape index (κ2) is 5.87. The van der Waals surface area contributed by atoms with E-state index in [1.165, 1.54) is 0 Å². The number of nitrogens with zero attached hydrogens (tertiary/aromatic N) is 1. The van der Waals surface area contributed by atoms with Gasteiger partial charge in [0.25, 0.3) is 5.89 Å². The smallest absolute Gasteiger partial charge is 0.435 e. The molecule has 0 saturated heterocycles. The lowest BCUT2D eigenvalue weighted by Crippen LogP contribution is -1.97. The van der Waals surface area contributed by atoms with Crippen LogP contribution < -0.4 is 0 Å². The second-order valence-electron chi connectivity index (χ2n) is 4.10. The Morgan fingerprint density at radius 2 is 2.18 bits per heavy atom. The Kier molecular flexibility index (Phi) is 4.20. The molecule has 1 aromatic carbocycles. The molecule has 1 unspecified atom stereocenters. The zero-order valence-corrected chi connectivity index (χ0v) is 10.7. The summed E-state index contributed by atoms with van der Waals surface area (Å²) in [5.41, 5.74) is 1.59. The SMILES string of the molecule is CCCCCC([S+]=O)c1nc2ccccc2o1. The molecule has 0 saturated carbocycles. The first-order valence-electron chi connectivity index (χ1n) is 5.99. The number of para-hydroxylation sites is 2. The van der Waals surface area contributed by atoms with E-state index >= 15 is 0 Å². The quantitative estimate of drug-likeness (QED) is 0.577. The number of aromatic nitrogens is 1. The molecule has 2 rings (SSSR count). The van der Waals surface area contributed by atoms with Gasteiger partial charge in [-0.15, -0.1) is 0 Å². The van der Waals surface area contributed by atoms with Crippen molar-refractivity contribution < 1.29 is 8.63 Å². The fourth-order valence-corrected chi connectivity index (χ4v) is 2.27. The number of hydrogen-bond donors (Lipinski definition) is 0. The van der Waals surface area contributed by atoms with Gasteiger partial charge in [-0.1, -0.05) is 31.9 Å². The molecule has 0 aliphatic rings. The van der Waals surface area contributed by atoms with Gasteiger partial charge >= 0.3 is 16.9 Å². The van der Waals surface area contributed by atoms with Crippen molar-refractivity contribution in [3.8, 4) is 0 Å². The summed E-state index contributed by atoms with van der Waals surface area (Å²) < 4.78 is 16.7. The third-order valence-corrected chi connectivity index (χ3v) is 3.44. The summed E-state index contributed by atoms with van der Waals surface area (Å²) in [6.07, 6.45) is 4.20. The lowest BCUT2D eigenvalue weighted by atomic mass is 10.1. The predicted molar refractivity (Wildman–Crippen MR) is 68.9 cm³/mol. The Labute approximate surface area is 105 Å². The van der Waals surface area contributed by atoms with Crippen LogP contribution in [0.4, 0.5) is 0 Å². The number of hydrogen-bond acceptors (Lipinski definition) is 3. The molecule has 1 heterocycles. The summed E-state index contributed by atoms with van der Waals surface area (Å²) in [4.78, 5) is 4.38. The van der Waals surface area contributed by atoms with E-state index < -0.39 is 0 Å². The maximum absolute atomic E-state index is 11.1. The molecule has 17 heavy (non-hydrogen) atoms. The monoisotopic (exact) mass is 250 g/mol. The fraction of sp³-hybridized carbons (Fsp3) is 0.462. The average Bonchev–Trinajstić information content (AvgIpc) is 2.78. The number of benzene rings is 1. The highest BCUT2D eigenvalue weighted by molar-refractivity contribution is 7.65. The van der Waals surface area contributed by atoms with E-state index in [9.17, 15) is 4.21 Å². The number of fused-ring (bicyclic) bond motifs is 1.